The zero-order valence-electron chi connectivity index (χ0n) is 36.3. The van der Waals surface area contributed by atoms with Gasteiger partial charge in [0.15, 0.2) is 6.10 Å². The van der Waals surface area contributed by atoms with Crippen LogP contribution in [0.5, 0.6) is 0 Å². The molecule has 0 aliphatic heterocycles. The minimum atomic E-state index is -4.39. The number of hydrogen-bond donors (Lipinski definition) is 2. The Morgan fingerprint density at radius 1 is 0.526 bits per heavy atom. The summed E-state index contributed by atoms with van der Waals surface area (Å²) in [5, 5.41) is 0. The van der Waals surface area contributed by atoms with Gasteiger partial charge in [0.05, 0.1) is 13.2 Å². The van der Waals surface area contributed by atoms with Crippen molar-refractivity contribution in [1.82, 2.24) is 0 Å². The number of nitrogens with two attached hydrogens (primary N) is 1. The van der Waals surface area contributed by atoms with E-state index >= 15 is 0 Å². The minimum absolute atomic E-state index is 0.0465. The number of rotatable bonds is 42. The Balaban J connectivity index is 4.17. The van der Waals surface area contributed by atoms with Gasteiger partial charge in [-0.25, -0.2) is 4.57 Å². The molecule has 0 amide bonds. The van der Waals surface area contributed by atoms with Crippen molar-refractivity contribution in [2.24, 2.45) is 5.73 Å². The lowest BCUT2D eigenvalue weighted by atomic mass is 10.1. The van der Waals surface area contributed by atoms with Gasteiger partial charge in [0.1, 0.15) is 6.61 Å². The van der Waals surface area contributed by atoms with Gasteiger partial charge in [0.2, 0.25) is 0 Å². The number of hydrogen-bond acceptors (Lipinski definition) is 8. The molecule has 330 valence electrons. The van der Waals surface area contributed by atoms with Crippen molar-refractivity contribution in [3.05, 3.63) is 60.8 Å². The van der Waals surface area contributed by atoms with Crippen LogP contribution >= 0.6 is 7.82 Å². The highest BCUT2D eigenvalue weighted by molar-refractivity contribution is 7.47. The maximum absolute atomic E-state index is 12.6. The number of carbonyl (C=O) groups is 2. The van der Waals surface area contributed by atoms with Crippen LogP contribution in [0.3, 0.4) is 0 Å². The smallest absolute Gasteiger partial charge is 0.462 e. The van der Waals surface area contributed by atoms with Gasteiger partial charge in [-0.2, -0.15) is 0 Å². The molecular formula is C47H84NO8P. The normalized spacial score (nSPS) is 13.8. The van der Waals surface area contributed by atoms with Gasteiger partial charge in [0, 0.05) is 19.4 Å². The zero-order valence-corrected chi connectivity index (χ0v) is 37.2. The van der Waals surface area contributed by atoms with E-state index in [2.05, 4.69) is 74.6 Å². The van der Waals surface area contributed by atoms with E-state index in [9.17, 15) is 19.0 Å². The molecular weight excluding hydrogens is 737 g/mol. The third-order valence-corrected chi connectivity index (χ3v) is 10.4. The Morgan fingerprint density at radius 3 is 1.35 bits per heavy atom. The highest BCUT2D eigenvalue weighted by atomic mass is 31.2. The summed E-state index contributed by atoms with van der Waals surface area (Å²) in [4.78, 5) is 34.9. The summed E-state index contributed by atoms with van der Waals surface area (Å²) in [7, 11) is -4.39. The van der Waals surface area contributed by atoms with E-state index in [1.807, 2.05) is 0 Å². The van der Waals surface area contributed by atoms with Crippen LogP contribution in [0.1, 0.15) is 194 Å². The molecule has 3 N–H and O–H groups in total. The number of unbranched alkanes of at least 4 members (excludes halogenated alkanes) is 19. The summed E-state index contributed by atoms with van der Waals surface area (Å²) in [6, 6.07) is 0. The van der Waals surface area contributed by atoms with Crippen LogP contribution in [0.25, 0.3) is 0 Å². The topological polar surface area (TPSA) is 134 Å². The first kappa shape index (κ1) is 54.7. The standard InChI is InChI=1S/C47H84NO8P/c1-3-5-7-9-11-13-15-17-19-21-22-24-25-27-29-31-33-35-37-39-46(49)53-43-45(44-55-57(51,52)54-42-41-48)56-47(50)40-38-36-34-32-30-28-26-23-20-18-16-14-12-10-8-6-4-2/h11-14,17-20,26,28,45H,3-10,15-16,21-25,27,29-44,48H2,1-2H3,(H,51,52). The molecule has 0 radical (unpaired) electrons. The molecule has 0 saturated carbocycles. The van der Waals surface area contributed by atoms with Crippen molar-refractivity contribution in [2.75, 3.05) is 26.4 Å². The average Bonchev–Trinajstić information content (AvgIpc) is 3.20. The minimum Gasteiger partial charge on any atom is -0.462 e. The molecule has 0 aromatic carbocycles. The Kier molecular flexibility index (Phi) is 41.6. The third kappa shape index (κ3) is 43.1. The van der Waals surface area contributed by atoms with E-state index in [1.165, 1.54) is 83.5 Å². The first-order valence-electron chi connectivity index (χ1n) is 22.8. The predicted molar refractivity (Wildman–Crippen MR) is 238 cm³/mol. The van der Waals surface area contributed by atoms with Gasteiger partial charge in [-0.1, -0.05) is 158 Å². The lowest BCUT2D eigenvalue weighted by Gasteiger charge is -2.19. The summed E-state index contributed by atoms with van der Waals surface area (Å²) >= 11 is 0. The van der Waals surface area contributed by atoms with Crippen molar-refractivity contribution < 1.29 is 37.6 Å². The molecule has 2 unspecified atom stereocenters. The lowest BCUT2D eigenvalue weighted by Crippen LogP contribution is -2.29. The van der Waals surface area contributed by atoms with E-state index in [0.29, 0.717) is 6.42 Å². The van der Waals surface area contributed by atoms with Crippen LogP contribution in [0, 0.1) is 0 Å². The first-order valence-corrected chi connectivity index (χ1v) is 24.3. The average molecular weight is 822 g/mol. The van der Waals surface area contributed by atoms with Crippen LogP contribution < -0.4 is 5.73 Å². The Hall–Kier alpha value is -2.29. The van der Waals surface area contributed by atoms with Crippen LogP contribution in [-0.2, 0) is 32.7 Å². The Labute approximate surface area is 349 Å². The summed E-state index contributed by atoms with van der Waals surface area (Å²) in [6.07, 6.45) is 51.0. The van der Waals surface area contributed by atoms with E-state index in [4.69, 9.17) is 24.3 Å². The Morgan fingerprint density at radius 2 is 0.912 bits per heavy atom. The van der Waals surface area contributed by atoms with Crippen molar-refractivity contribution in [3.63, 3.8) is 0 Å². The predicted octanol–water partition coefficient (Wildman–Crippen LogP) is 13.3. The fourth-order valence-electron chi connectivity index (χ4n) is 5.96. The summed E-state index contributed by atoms with van der Waals surface area (Å²) in [6.45, 7) is 3.65. The van der Waals surface area contributed by atoms with E-state index < -0.39 is 32.5 Å². The highest BCUT2D eigenvalue weighted by Crippen LogP contribution is 2.43. The fourth-order valence-corrected chi connectivity index (χ4v) is 6.73. The maximum Gasteiger partial charge on any atom is 0.472 e. The number of phosphoric ester groups is 1. The molecule has 0 aromatic rings. The van der Waals surface area contributed by atoms with E-state index in [1.54, 1.807) is 0 Å². The number of allylic oxidation sites excluding steroid dienone is 10. The lowest BCUT2D eigenvalue weighted by molar-refractivity contribution is -0.161. The SMILES string of the molecule is CCCCCC=CCC=CCC=CCCCCCCC(=O)OC(COC(=O)CCCCCCCCCCCC=CCC=CCCCCC)COP(=O)(O)OCCN. The van der Waals surface area contributed by atoms with Crippen molar-refractivity contribution in [2.45, 2.75) is 200 Å². The molecule has 57 heavy (non-hydrogen) atoms. The van der Waals surface area contributed by atoms with Gasteiger partial charge in [-0.15, -0.1) is 0 Å². The van der Waals surface area contributed by atoms with E-state index in [0.717, 1.165) is 77.0 Å². The number of ether oxygens (including phenoxy) is 2. The largest absolute Gasteiger partial charge is 0.472 e. The van der Waals surface area contributed by atoms with E-state index in [-0.39, 0.29) is 32.6 Å². The number of carbonyl (C=O) groups excluding carboxylic acids is 2. The fraction of sp³-hybridized carbons (Fsp3) is 0.745. The second-order valence-electron chi connectivity index (χ2n) is 14.9. The molecule has 0 aliphatic carbocycles. The number of esters is 2. The van der Waals surface area contributed by atoms with Gasteiger partial charge >= 0.3 is 19.8 Å². The second-order valence-corrected chi connectivity index (χ2v) is 16.4. The molecule has 2 atom stereocenters. The molecule has 0 rings (SSSR count). The molecule has 0 bridgehead atoms. The van der Waals surface area contributed by atoms with Crippen LogP contribution in [0.4, 0.5) is 0 Å². The summed E-state index contributed by atoms with van der Waals surface area (Å²) < 4.78 is 32.8. The second kappa shape index (κ2) is 43.3. The highest BCUT2D eigenvalue weighted by Gasteiger charge is 2.26. The van der Waals surface area contributed by atoms with Gasteiger partial charge < -0.3 is 20.1 Å². The molecule has 0 spiro atoms. The summed E-state index contributed by atoms with van der Waals surface area (Å²) in [5.74, 6) is -0.860. The molecule has 10 heteroatoms. The first-order chi connectivity index (χ1) is 27.8. The van der Waals surface area contributed by atoms with Gasteiger partial charge in [-0.3, -0.25) is 18.6 Å². The monoisotopic (exact) mass is 822 g/mol. The molecule has 0 aliphatic rings. The zero-order chi connectivity index (χ0) is 41.8. The van der Waals surface area contributed by atoms with Crippen molar-refractivity contribution >= 4 is 19.8 Å². The Bertz CT molecular complexity index is 1120. The maximum atomic E-state index is 12.6. The van der Waals surface area contributed by atoms with Crippen LogP contribution in [-0.4, -0.2) is 49.3 Å². The summed E-state index contributed by atoms with van der Waals surface area (Å²) in [5.41, 5.74) is 5.35. The van der Waals surface area contributed by atoms with Crippen LogP contribution in [0.15, 0.2) is 60.8 Å². The molecule has 9 nitrogen and oxygen atoms in total. The van der Waals surface area contributed by atoms with Crippen molar-refractivity contribution in [1.29, 1.82) is 0 Å². The molecule has 0 aromatic heterocycles. The molecule has 0 fully saturated rings. The number of phosphoric acid groups is 1. The molecule has 0 heterocycles. The third-order valence-electron chi connectivity index (χ3n) is 9.38. The van der Waals surface area contributed by atoms with Crippen molar-refractivity contribution in [3.8, 4) is 0 Å². The van der Waals surface area contributed by atoms with Gasteiger partial charge in [0.25, 0.3) is 0 Å². The van der Waals surface area contributed by atoms with Gasteiger partial charge in [-0.05, 0) is 83.5 Å². The van der Waals surface area contributed by atoms with Crippen LogP contribution in [0.2, 0.25) is 0 Å². The molecule has 0 saturated heterocycles. The quantitative estimate of drug-likeness (QED) is 0.0267.